The van der Waals surface area contributed by atoms with Crippen LogP contribution in [0, 0.1) is 0 Å². The Labute approximate surface area is 72.7 Å². The third-order valence-electron chi connectivity index (χ3n) is 1.83. The number of amides is 1. The Kier molecular flexibility index (Phi) is 3.49. The Bertz CT molecular complexity index is 159. The normalized spacial score (nSPS) is 22.2. The Morgan fingerprint density at radius 1 is 1.67 bits per heavy atom. The second-order valence-corrected chi connectivity index (χ2v) is 3.18. The monoisotopic (exact) mass is 172 g/mol. The lowest BCUT2D eigenvalue weighted by atomic mass is 10.3. The first-order valence-electron chi connectivity index (χ1n) is 4.31. The molecule has 1 aliphatic heterocycles. The summed E-state index contributed by atoms with van der Waals surface area (Å²) < 4.78 is 5.17. The van der Waals surface area contributed by atoms with E-state index in [9.17, 15) is 4.79 Å². The molecule has 0 aromatic rings. The van der Waals surface area contributed by atoms with Crippen LogP contribution in [-0.4, -0.2) is 43.2 Å². The first-order valence-corrected chi connectivity index (χ1v) is 4.31. The predicted molar refractivity (Wildman–Crippen MR) is 45.7 cm³/mol. The van der Waals surface area contributed by atoms with Gasteiger partial charge in [-0.15, -0.1) is 0 Å². The summed E-state index contributed by atoms with van der Waals surface area (Å²) in [5.74, 6) is 0.157. The van der Waals surface area contributed by atoms with Crippen LogP contribution in [0.2, 0.25) is 0 Å². The first-order chi connectivity index (χ1) is 5.70. The van der Waals surface area contributed by atoms with Crippen molar-refractivity contribution in [3.63, 3.8) is 0 Å². The zero-order valence-corrected chi connectivity index (χ0v) is 7.45. The highest BCUT2D eigenvalue weighted by Gasteiger charge is 2.17. The number of ether oxygens (including phenoxy) is 1. The molecule has 0 radical (unpaired) electrons. The minimum atomic E-state index is 0.0482. The number of rotatable bonds is 2. The summed E-state index contributed by atoms with van der Waals surface area (Å²) in [6, 6.07) is 0.0482. The SMILES string of the molecule is CC(N)CN1CCOCCC1=O. The van der Waals surface area contributed by atoms with Gasteiger partial charge >= 0.3 is 0 Å². The van der Waals surface area contributed by atoms with Gasteiger partial charge in [-0.2, -0.15) is 0 Å². The maximum atomic E-state index is 11.3. The van der Waals surface area contributed by atoms with E-state index in [2.05, 4.69) is 0 Å². The molecule has 1 rings (SSSR count). The number of carbonyl (C=O) groups excluding carboxylic acids is 1. The van der Waals surface area contributed by atoms with Crippen LogP contribution in [0.3, 0.4) is 0 Å². The molecule has 1 saturated heterocycles. The Morgan fingerprint density at radius 3 is 3.08 bits per heavy atom. The van der Waals surface area contributed by atoms with Crippen molar-refractivity contribution in [1.29, 1.82) is 0 Å². The third kappa shape index (κ3) is 2.79. The molecule has 4 nitrogen and oxygen atoms in total. The molecule has 0 aromatic heterocycles. The maximum Gasteiger partial charge on any atom is 0.225 e. The largest absolute Gasteiger partial charge is 0.379 e. The van der Waals surface area contributed by atoms with Crippen LogP contribution in [0.25, 0.3) is 0 Å². The summed E-state index contributed by atoms with van der Waals surface area (Å²) in [5.41, 5.74) is 5.60. The van der Waals surface area contributed by atoms with Gasteiger partial charge < -0.3 is 15.4 Å². The summed E-state index contributed by atoms with van der Waals surface area (Å²) in [6.07, 6.45) is 0.493. The van der Waals surface area contributed by atoms with Crippen molar-refractivity contribution >= 4 is 5.91 Å². The van der Waals surface area contributed by atoms with Gasteiger partial charge in [0, 0.05) is 19.1 Å². The molecule has 1 heterocycles. The van der Waals surface area contributed by atoms with E-state index in [1.165, 1.54) is 0 Å². The maximum absolute atomic E-state index is 11.3. The second-order valence-electron chi connectivity index (χ2n) is 3.18. The van der Waals surface area contributed by atoms with Gasteiger partial charge in [0.25, 0.3) is 0 Å². The van der Waals surface area contributed by atoms with Gasteiger partial charge in [-0.1, -0.05) is 0 Å². The molecule has 1 atom stereocenters. The molecule has 4 heteroatoms. The fraction of sp³-hybridized carbons (Fsp3) is 0.875. The van der Waals surface area contributed by atoms with Gasteiger partial charge in [0.2, 0.25) is 5.91 Å². The molecule has 1 aliphatic rings. The van der Waals surface area contributed by atoms with E-state index >= 15 is 0 Å². The van der Waals surface area contributed by atoms with E-state index in [0.717, 1.165) is 0 Å². The average molecular weight is 172 g/mol. The summed E-state index contributed by atoms with van der Waals surface area (Å²) in [4.78, 5) is 13.1. The second kappa shape index (κ2) is 4.42. The zero-order valence-electron chi connectivity index (χ0n) is 7.45. The van der Waals surface area contributed by atoms with Crippen molar-refractivity contribution in [1.82, 2.24) is 4.90 Å². The summed E-state index contributed by atoms with van der Waals surface area (Å²) in [7, 11) is 0. The number of nitrogens with zero attached hydrogens (tertiary/aromatic N) is 1. The van der Waals surface area contributed by atoms with Gasteiger partial charge in [0.1, 0.15) is 0 Å². The van der Waals surface area contributed by atoms with Crippen molar-refractivity contribution in [2.24, 2.45) is 5.73 Å². The fourth-order valence-corrected chi connectivity index (χ4v) is 1.26. The summed E-state index contributed by atoms with van der Waals surface area (Å²) >= 11 is 0. The molecule has 1 fully saturated rings. The summed E-state index contributed by atoms with van der Waals surface area (Å²) in [6.45, 7) is 4.41. The van der Waals surface area contributed by atoms with Gasteiger partial charge in [0.15, 0.2) is 0 Å². The minimum Gasteiger partial charge on any atom is -0.379 e. The lowest BCUT2D eigenvalue weighted by Gasteiger charge is -2.21. The van der Waals surface area contributed by atoms with Crippen LogP contribution in [0.5, 0.6) is 0 Å². The van der Waals surface area contributed by atoms with Gasteiger partial charge in [-0.3, -0.25) is 4.79 Å². The van der Waals surface area contributed by atoms with Crippen LogP contribution in [0.1, 0.15) is 13.3 Å². The first kappa shape index (κ1) is 9.48. The third-order valence-corrected chi connectivity index (χ3v) is 1.83. The van der Waals surface area contributed by atoms with E-state index in [1.54, 1.807) is 4.90 Å². The van der Waals surface area contributed by atoms with Gasteiger partial charge in [-0.05, 0) is 6.92 Å². The molecule has 0 bridgehead atoms. The zero-order chi connectivity index (χ0) is 8.97. The van der Waals surface area contributed by atoms with E-state index in [-0.39, 0.29) is 11.9 Å². The predicted octanol–water partition coefficient (Wildman–Crippen LogP) is -0.417. The highest BCUT2D eigenvalue weighted by molar-refractivity contribution is 5.76. The van der Waals surface area contributed by atoms with Gasteiger partial charge in [-0.25, -0.2) is 0 Å². The van der Waals surface area contributed by atoms with Crippen molar-refractivity contribution in [2.75, 3.05) is 26.3 Å². The molecular formula is C8H16N2O2. The standard InChI is InChI=1S/C8H16N2O2/c1-7(9)6-10-3-5-12-4-2-8(10)11/h7H,2-6,9H2,1H3. The molecule has 0 spiro atoms. The highest BCUT2D eigenvalue weighted by atomic mass is 16.5. The van der Waals surface area contributed by atoms with E-state index in [1.807, 2.05) is 6.92 Å². The van der Waals surface area contributed by atoms with Crippen LogP contribution in [0.15, 0.2) is 0 Å². The van der Waals surface area contributed by atoms with Crippen LogP contribution >= 0.6 is 0 Å². The number of nitrogens with two attached hydrogens (primary N) is 1. The van der Waals surface area contributed by atoms with Crippen LogP contribution < -0.4 is 5.73 Å². The molecular weight excluding hydrogens is 156 g/mol. The Hall–Kier alpha value is -0.610. The van der Waals surface area contributed by atoms with Crippen molar-refractivity contribution in [3.05, 3.63) is 0 Å². The van der Waals surface area contributed by atoms with Crippen molar-refractivity contribution in [3.8, 4) is 0 Å². The number of carbonyl (C=O) groups is 1. The highest BCUT2D eigenvalue weighted by Crippen LogP contribution is 2.01. The molecule has 2 N–H and O–H groups in total. The lowest BCUT2D eigenvalue weighted by Crippen LogP contribution is -2.40. The van der Waals surface area contributed by atoms with E-state index in [0.29, 0.717) is 32.7 Å². The number of hydrogen-bond acceptors (Lipinski definition) is 3. The quantitative estimate of drug-likeness (QED) is 0.615. The molecule has 0 aromatic carbocycles. The molecule has 1 unspecified atom stereocenters. The lowest BCUT2D eigenvalue weighted by molar-refractivity contribution is -0.130. The Balaban J connectivity index is 2.42. The Morgan fingerprint density at radius 2 is 2.42 bits per heavy atom. The average Bonchev–Trinajstić information content (AvgIpc) is 2.16. The smallest absolute Gasteiger partial charge is 0.225 e. The fourth-order valence-electron chi connectivity index (χ4n) is 1.26. The summed E-state index contributed by atoms with van der Waals surface area (Å²) in [5, 5.41) is 0. The van der Waals surface area contributed by atoms with Crippen LogP contribution in [0.4, 0.5) is 0 Å². The molecule has 12 heavy (non-hydrogen) atoms. The van der Waals surface area contributed by atoms with Crippen molar-refractivity contribution < 1.29 is 9.53 Å². The van der Waals surface area contributed by atoms with E-state index < -0.39 is 0 Å². The van der Waals surface area contributed by atoms with E-state index in [4.69, 9.17) is 10.5 Å². The van der Waals surface area contributed by atoms with Crippen molar-refractivity contribution in [2.45, 2.75) is 19.4 Å². The minimum absolute atomic E-state index is 0.0482. The number of hydrogen-bond donors (Lipinski definition) is 1. The molecule has 0 aliphatic carbocycles. The molecule has 1 amide bonds. The van der Waals surface area contributed by atoms with Crippen LogP contribution in [-0.2, 0) is 9.53 Å². The van der Waals surface area contributed by atoms with Gasteiger partial charge in [0.05, 0.1) is 19.6 Å². The molecule has 0 saturated carbocycles. The molecule has 70 valence electrons. The topological polar surface area (TPSA) is 55.6 Å².